The normalized spacial score (nSPS) is 15.3. The van der Waals surface area contributed by atoms with Crippen molar-refractivity contribution in [3.05, 3.63) is 81.0 Å². The number of nitrogens with zero attached hydrogens (tertiary/aromatic N) is 1. The maximum Gasteiger partial charge on any atom is 0.353 e. The van der Waals surface area contributed by atoms with E-state index in [1.807, 2.05) is 6.92 Å². The van der Waals surface area contributed by atoms with Crippen LogP contribution in [0.25, 0.3) is 0 Å². The van der Waals surface area contributed by atoms with E-state index in [0.717, 1.165) is 5.56 Å². The highest BCUT2D eigenvalue weighted by Gasteiger charge is 2.37. The maximum absolute atomic E-state index is 12.5. The van der Waals surface area contributed by atoms with Crippen molar-refractivity contribution in [2.45, 2.75) is 13.3 Å². The number of esters is 2. The van der Waals surface area contributed by atoms with Gasteiger partial charge in [-0.25, -0.2) is 4.79 Å². The first-order valence-corrected chi connectivity index (χ1v) is 11.7. The number of hydrogen-bond donors (Lipinski definition) is 0. The van der Waals surface area contributed by atoms with Gasteiger partial charge < -0.3 is 14.4 Å². The molecule has 1 aliphatic rings. The SMILES string of the molecule is Cc1c(Cl)cccc1N1C[C@@H](C(=O)OCC(=O)c2ccc(OC(=O)c3cccs3)cc2)CC1=O. The lowest BCUT2D eigenvalue weighted by Gasteiger charge is -2.19. The fourth-order valence-electron chi connectivity index (χ4n) is 3.59. The minimum absolute atomic E-state index is 0.00326. The summed E-state index contributed by atoms with van der Waals surface area (Å²) in [6, 6.07) is 14.7. The molecule has 0 saturated carbocycles. The zero-order chi connectivity index (χ0) is 24.2. The van der Waals surface area contributed by atoms with E-state index >= 15 is 0 Å². The molecule has 1 fully saturated rings. The number of benzene rings is 2. The average molecular weight is 498 g/mol. The number of amides is 1. The highest BCUT2D eigenvalue weighted by atomic mass is 35.5. The second-order valence-electron chi connectivity index (χ2n) is 7.71. The molecule has 0 aliphatic carbocycles. The molecule has 34 heavy (non-hydrogen) atoms. The van der Waals surface area contributed by atoms with Crippen LogP contribution in [0.2, 0.25) is 5.02 Å². The van der Waals surface area contributed by atoms with Crippen molar-refractivity contribution in [2.24, 2.45) is 5.92 Å². The summed E-state index contributed by atoms with van der Waals surface area (Å²) in [5.41, 5.74) is 1.72. The van der Waals surface area contributed by atoms with E-state index in [2.05, 4.69) is 0 Å². The lowest BCUT2D eigenvalue weighted by Crippen LogP contribution is -2.27. The Bertz CT molecular complexity index is 1240. The van der Waals surface area contributed by atoms with Crippen LogP contribution in [-0.4, -0.2) is 36.8 Å². The third-order valence-electron chi connectivity index (χ3n) is 5.44. The van der Waals surface area contributed by atoms with Crippen LogP contribution < -0.4 is 9.64 Å². The van der Waals surface area contributed by atoms with E-state index in [-0.39, 0.29) is 18.9 Å². The van der Waals surface area contributed by atoms with Gasteiger partial charge in [-0.15, -0.1) is 11.3 Å². The minimum Gasteiger partial charge on any atom is -0.457 e. The van der Waals surface area contributed by atoms with Crippen molar-refractivity contribution in [2.75, 3.05) is 18.1 Å². The lowest BCUT2D eigenvalue weighted by atomic mass is 10.1. The second-order valence-corrected chi connectivity index (χ2v) is 9.07. The van der Waals surface area contributed by atoms with Crippen LogP contribution in [0.5, 0.6) is 5.75 Å². The fraction of sp³-hybridized carbons (Fsp3) is 0.200. The van der Waals surface area contributed by atoms with Gasteiger partial charge in [0.1, 0.15) is 10.6 Å². The standard InChI is InChI=1S/C25H20ClNO6S/c1-15-19(26)4-2-5-20(15)27-13-17(12-23(27)29)24(30)32-14-21(28)16-7-9-18(10-8-16)33-25(31)22-6-3-11-34-22/h2-11,17H,12-14H2,1H3/t17-/m0/s1. The van der Waals surface area contributed by atoms with Crippen LogP contribution >= 0.6 is 22.9 Å². The second kappa shape index (κ2) is 10.2. The molecule has 0 unspecified atom stereocenters. The number of anilines is 1. The molecule has 9 heteroatoms. The number of thiophene rings is 1. The highest BCUT2D eigenvalue weighted by Crippen LogP contribution is 2.31. The molecule has 2 heterocycles. The molecule has 1 atom stereocenters. The molecule has 174 valence electrons. The number of Topliss-reactive ketones (excluding diaryl/α,β-unsaturated/α-hetero) is 1. The van der Waals surface area contributed by atoms with Gasteiger partial charge in [0.2, 0.25) is 5.91 Å². The van der Waals surface area contributed by atoms with Crippen molar-refractivity contribution >= 4 is 52.3 Å². The van der Waals surface area contributed by atoms with Crippen LogP contribution in [0, 0.1) is 12.8 Å². The van der Waals surface area contributed by atoms with Gasteiger partial charge in [-0.3, -0.25) is 14.4 Å². The Kier molecular flexibility index (Phi) is 7.09. The number of carbonyl (C=O) groups is 4. The summed E-state index contributed by atoms with van der Waals surface area (Å²) < 4.78 is 10.5. The Morgan fingerprint density at radius 3 is 2.56 bits per heavy atom. The molecule has 0 N–H and O–H groups in total. The van der Waals surface area contributed by atoms with Gasteiger partial charge in [0.25, 0.3) is 0 Å². The summed E-state index contributed by atoms with van der Waals surface area (Å²) >= 11 is 7.42. The predicted molar refractivity (Wildman–Crippen MR) is 128 cm³/mol. The first kappa shape index (κ1) is 23.7. The summed E-state index contributed by atoms with van der Waals surface area (Å²) in [7, 11) is 0. The van der Waals surface area contributed by atoms with Gasteiger partial charge in [-0.05, 0) is 60.3 Å². The summed E-state index contributed by atoms with van der Waals surface area (Å²) in [5.74, 6) is -2.06. The first-order chi connectivity index (χ1) is 16.3. The van der Waals surface area contributed by atoms with Gasteiger partial charge in [0.05, 0.1) is 5.92 Å². The van der Waals surface area contributed by atoms with Crippen molar-refractivity contribution in [3.63, 3.8) is 0 Å². The van der Waals surface area contributed by atoms with Crippen LogP contribution in [0.15, 0.2) is 60.0 Å². The molecule has 2 aromatic carbocycles. The molecule has 4 rings (SSSR count). The number of carbonyl (C=O) groups excluding carboxylic acids is 4. The summed E-state index contributed by atoms with van der Waals surface area (Å²) in [6.07, 6.45) is 0.00326. The third-order valence-corrected chi connectivity index (χ3v) is 6.70. The monoisotopic (exact) mass is 497 g/mol. The molecular formula is C25H20ClNO6S. The minimum atomic E-state index is -0.669. The molecule has 1 saturated heterocycles. The number of ether oxygens (including phenoxy) is 2. The van der Waals surface area contributed by atoms with Crippen LogP contribution in [0.1, 0.15) is 32.0 Å². The molecule has 0 spiro atoms. The molecular weight excluding hydrogens is 478 g/mol. The van der Waals surface area contributed by atoms with E-state index in [0.29, 0.717) is 26.9 Å². The average Bonchev–Trinajstić information content (AvgIpc) is 3.50. The number of rotatable bonds is 7. The van der Waals surface area contributed by atoms with E-state index in [9.17, 15) is 19.2 Å². The Balaban J connectivity index is 1.30. The zero-order valence-corrected chi connectivity index (χ0v) is 19.7. The molecule has 1 aromatic heterocycles. The lowest BCUT2D eigenvalue weighted by molar-refractivity contribution is -0.147. The van der Waals surface area contributed by atoms with Gasteiger partial charge >= 0.3 is 11.9 Å². The van der Waals surface area contributed by atoms with E-state index in [1.165, 1.54) is 40.5 Å². The Morgan fingerprint density at radius 1 is 1.09 bits per heavy atom. The van der Waals surface area contributed by atoms with Crippen molar-refractivity contribution in [1.82, 2.24) is 0 Å². The van der Waals surface area contributed by atoms with Crippen molar-refractivity contribution in [1.29, 1.82) is 0 Å². The molecule has 1 aliphatic heterocycles. The molecule has 3 aromatic rings. The van der Waals surface area contributed by atoms with Crippen LogP contribution in [-0.2, 0) is 14.3 Å². The van der Waals surface area contributed by atoms with Gasteiger partial charge in [-0.1, -0.05) is 23.7 Å². The van der Waals surface area contributed by atoms with E-state index in [4.69, 9.17) is 21.1 Å². The topological polar surface area (TPSA) is 90.0 Å². The summed E-state index contributed by atoms with van der Waals surface area (Å²) in [4.78, 5) is 51.4. The van der Waals surface area contributed by atoms with Crippen LogP contribution in [0.4, 0.5) is 5.69 Å². The maximum atomic E-state index is 12.5. The van der Waals surface area contributed by atoms with Crippen molar-refractivity contribution in [3.8, 4) is 5.75 Å². The Labute approximate surface area is 204 Å². The largest absolute Gasteiger partial charge is 0.457 e. The molecule has 7 nitrogen and oxygen atoms in total. The quantitative estimate of drug-likeness (QED) is 0.267. The van der Waals surface area contributed by atoms with Gasteiger partial charge in [-0.2, -0.15) is 0 Å². The molecule has 0 radical (unpaired) electrons. The summed E-state index contributed by atoms with van der Waals surface area (Å²) in [6.45, 7) is 1.52. The molecule has 0 bridgehead atoms. The number of ketones is 1. The third kappa shape index (κ3) is 5.18. The highest BCUT2D eigenvalue weighted by molar-refractivity contribution is 7.12. The fourth-order valence-corrected chi connectivity index (χ4v) is 4.35. The number of halogens is 1. The predicted octanol–water partition coefficient (Wildman–Crippen LogP) is 4.71. The van der Waals surface area contributed by atoms with Crippen LogP contribution in [0.3, 0.4) is 0 Å². The van der Waals surface area contributed by atoms with Crippen molar-refractivity contribution < 1.29 is 28.7 Å². The smallest absolute Gasteiger partial charge is 0.353 e. The Hall–Kier alpha value is -3.49. The number of hydrogen-bond acceptors (Lipinski definition) is 7. The van der Waals surface area contributed by atoms with Gasteiger partial charge in [0, 0.05) is 29.2 Å². The molecule has 1 amide bonds. The summed E-state index contributed by atoms with van der Waals surface area (Å²) in [5, 5.41) is 2.31. The Morgan fingerprint density at radius 2 is 1.85 bits per heavy atom. The van der Waals surface area contributed by atoms with Gasteiger partial charge in [0.15, 0.2) is 12.4 Å². The van der Waals surface area contributed by atoms with E-state index in [1.54, 1.807) is 35.7 Å². The first-order valence-electron chi connectivity index (χ1n) is 10.4. The van der Waals surface area contributed by atoms with E-state index < -0.39 is 30.2 Å². The zero-order valence-electron chi connectivity index (χ0n) is 18.2.